The Balaban J connectivity index is 3.25. The van der Waals surface area contributed by atoms with E-state index in [1.54, 1.807) is 13.8 Å². The van der Waals surface area contributed by atoms with Gasteiger partial charge < -0.3 is 118 Å². The minimum atomic E-state index is -1.85. The number of carboxylic acids is 3. The fourth-order valence-corrected chi connectivity index (χ4v) is 9.95. The Hall–Kier alpha value is -10.8. The van der Waals surface area contributed by atoms with E-state index in [1.807, 2.05) is 0 Å². The Bertz CT molecular complexity index is 3180. The van der Waals surface area contributed by atoms with Crippen molar-refractivity contribution in [1.82, 2.24) is 74.0 Å². The highest BCUT2D eigenvalue weighted by Crippen LogP contribution is 2.20. The van der Waals surface area contributed by atoms with E-state index in [1.165, 1.54) is 13.8 Å². The molecule has 0 radical (unpaired) electrons. The third-order valence-corrected chi connectivity index (χ3v) is 16.0. The maximum absolute atomic E-state index is 14.1. The second-order valence-electron chi connectivity index (χ2n) is 25.0. The zero-order valence-electron chi connectivity index (χ0n) is 58.8. The van der Waals surface area contributed by atoms with Crippen molar-refractivity contribution in [1.29, 1.82) is 0 Å². The maximum atomic E-state index is 14.1. The second-order valence-corrected chi connectivity index (χ2v) is 25.4. The van der Waals surface area contributed by atoms with Gasteiger partial charge in [-0.15, -0.1) is 0 Å². The molecule has 44 heteroatoms. The van der Waals surface area contributed by atoms with Gasteiger partial charge in [-0.3, -0.25) is 95.9 Å². The highest BCUT2D eigenvalue weighted by molar-refractivity contribution is 7.80. The first-order chi connectivity index (χ1) is 49.1. The summed E-state index contributed by atoms with van der Waals surface area (Å²) in [6, 6.07) is -16.7. The number of carboxylic acid groups (broad SMARTS) is 3. The van der Waals surface area contributed by atoms with Crippen LogP contribution in [0.5, 0.6) is 0 Å². The Labute approximate surface area is 607 Å². The third-order valence-electron chi connectivity index (χ3n) is 15.7. The molecule has 1 heterocycles. The van der Waals surface area contributed by atoms with Gasteiger partial charge in [0.15, 0.2) is 0 Å². The number of likely N-dealkylation sites (tertiary alicyclic amines) is 1. The van der Waals surface area contributed by atoms with Crippen molar-refractivity contribution in [3.8, 4) is 0 Å². The standard InChI is InChI=1S/C61H99N19O24S/c1-28(2)49(66)58(100)76-34(9-15-40(63)82)55(97)74-32(13-19-48(91)92)53(95)70-26-46(88)79-50(29(3)4)59(101)77-35(10-16-41(64)83)56(98)75-33(8-14-39(62)81)54(96)73-31(12-18-47(89)90)52(94)69-25-45(87)71-30(5)51(93)78-36(11-17-42(65)84)60(102)80-24-6-7-38(80)57(99)68-23-20-43(85)67-22-21-44(86)72-37(27-105)61(103)104/h28-38,49-50,105H,6-27,66H2,1-5H3,(H2,62,81)(H2,63,82)(H2,64,83)(H2,65,84)(H,67,85)(H,68,99)(H,69,94)(H,70,95)(H,71,87)(H,72,86)(H,73,96)(H,74,97)(H,75,98)(H,76,100)(H,77,101)(H,78,93)(H,79,88)(H,89,90)(H,91,92)(H,103,104)/t30-,31-,32-,33-,34-,35-,36-,37-,38-,49-,50-/m0/s1. The number of hydrogen-bond donors (Lipinski definition) is 22. The van der Waals surface area contributed by atoms with Crippen LogP contribution in [-0.2, 0) is 101 Å². The van der Waals surface area contributed by atoms with Crippen molar-refractivity contribution in [3.63, 3.8) is 0 Å². The molecule has 0 bridgehead atoms. The number of hydrogen-bond acceptors (Lipinski definition) is 23. The molecule has 588 valence electrons. The number of amides is 18. The van der Waals surface area contributed by atoms with Crippen molar-refractivity contribution < 1.29 is 116 Å². The monoisotopic (exact) mass is 1510 g/mol. The lowest BCUT2D eigenvalue weighted by molar-refractivity contribution is -0.142. The van der Waals surface area contributed by atoms with E-state index in [2.05, 4.69) is 81.7 Å². The Kier molecular flexibility index (Phi) is 41.7. The molecule has 1 rings (SSSR count). The number of nitrogens with zero attached hydrogens (tertiary/aromatic N) is 1. The summed E-state index contributed by atoms with van der Waals surface area (Å²) in [5, 5.41) is 58.1. The molecule has 11 atom stereocenters. The van der Waals surface area contributed by atoms with Crippen LogP contribution in [-0.4, -0.2) is 249 Å². The van der Waals surface area contributed by atoms with Crippen LogP contribution in [0, 0.1) is 11.8 Å². The summed E-state index contributed by atoms with van der Waals surface area (Å²) >= 11 is 3.86. The lowest BCUT2D eigenvalue weighted by atomic mass is 10.0. The van der Waals surface area contributed by atoms with Crippen molar-refractivity contribution >= 4 is 137 Å². The molecule has 26 N–H and O–H groups in total. The van der Waals surface area contributed by atoms with Gasteiger partial charge in [0.1, 0.15) is 60.4 Å². The summed E-state index contributed by atoms with van der Waals surface area (Å²) < 4.78 is 0. The molecule has 0 unspecified atom stereocenters. The molecule has 18 amide bonds. The van der Waals surface area contributed by atoms with E-state index in [-0.39, 0.29) is 57.5 Å². The first-order valence-electron chi connectivity index (χ1n) is 33.4. The number of thiol groups is 1. The van der Waals surface area contributed by atoms with E-state index in [4.69, 9.17) is 33.8 Å². The van der Waals surface area contributed by atoms with Crippen LogP contribution in [0.1, 0.15) is 137 Å². The molecule has 0 aromatic carbocycles. The van der Waals surface area contributed by atoms with Crippen molar-refractivity contribution in [2.24, 2.45) is 40.5 Å². The number of aliphatic carboxylic acids is 3. The molecule has 1 aliphatic rings. The van der Waals surface area contributed by atoms with Gasteiger partial charge in [-0.1, -0.05) is 27.7 Å². The van der Waals surface area contributed by atoms with Crippen LogP contribution < -0.4 is 97.8 Å². The van der Waals surface area contributed by atoms with E-state index in [0.29, 0.717) is 6.42 Å². The SMILES string of the molecule is CC(C)[C@H](N)C(=O)N[C@@H](CCC(N)=O)C(=O)N[C@@H](CCC(=O)O)C(=O)NCC(=O)N[C@H](C(=O)N[C@@H](CCC(N)=O)C(=O)N[C@@H](CCC(N)=O)C(=O)N[C@@H](CCC(=O)O)C(=O)NCC(=O)N[C@@H](C)C(=O)N[C@@H](CCC(N)=O)C(=O)N1CCC[C@H]1C(=O)NCCC(=O)NCCC(=O)N[C@@H](CS)C(=O)O)C(C)C. The molecule has 43 nitrogen and oxygen atoms in total. The summed E-state index contributed by atoms with van der Waals surface area (Å²) in [5.41, 5.74) is 27.2. The van der Waals surface area contributed by atoms with Gasteiger partial charge in [-0.05, 0) is 70.1 Å². The molecule has 105 heavy (non-hydrogen) atoms. The van der Waals surface area contributed by atoms with Gasteiger partial charge in [-0.2, -0.15) is 12.6 Å². The summed E-state index contributed by atoms with van der Waals surface area (Å²) in [7, 11) is 0. The average molecular weight is 1510 g/mol. The zero-order valence-corrected chi connectivity index (χ0v) is 59.7. The van der Waals surface area contributed by atoms with E-state index in [9.17, 15) is 111 Å². The number of primary amides is 4. The van der Waals surface area contributed by atoms with Crippen LogP contribution in [0.4, 0.5) is 0 Å². The van der Waals surface area contributed by atoms with E-state index in [0.717, 1.165) is 11.8 Å². The van der Waals surface area contributed by atoms with Crippen LogP contribution in [0.15, 0.2) is 0 Å². The highest BCUT2D eigenvalue weighted by atomic mass is 32.1. The molecule has 0 aliphatic carbocycles. The lowest BCUT2D eigenvalue weighted by Crippen LogP contribution is -2.60. The molecular formula is C61H99N19O24S. The number of rotatable bonds is 51. The van der Waals surface area contributed by atoms with Gasteiger partial charge in [0.25, 0.3) is 0 Å². The first-order valence-corrected chi connectivity index (χ1v) is 34.0. The molecule has 1 aliphatic heterocycles. The number of nitrogens with one attached hydrogen (secondary N) is 13. The van der Waals surface area contributed by atoms with Gasteiger partial charge in [0.2, 0.25) is 106 Å². The van der Waals surface area contributed by atoms with Crippen LogP contribution in [0.25, 0.3) is 0 Å². The number of carbonyl (C=O) groups excluding carboxylic acids is 18. The van der Waals surface area contributed by atoms with Crippen LogP contribution in [0.3, 0.4) is 0 Å². The zero-order chi connectivity index (χ0) is 80.0. The first kappa shape index (κ1) is 92.2. The van der Waals surface area contributed by atoms with E-state index < -0.39 is 280 Å². The summed E-state index contributed by atoms with van der Waals surface area (Å²) in [5.74, 6) is -23.0. The Morgan fingerprint density at radius 2 is 0.781 bits per heavy atom. The van der Waals surface area contributed by atoms with Gasteiger partial charge in [0.05, 0.1) is 19.1 Å². The molecular weight excluding hydrogens is 1410 g/mol. The maximum Gasteiger partial charge on any atom is 0.327 e. The fourth-order valence-electron chi connectivity index (χ4n) is 9.70. The number of carbonyl (C=O) groups is 21. The van der Waals surface area contributed by atoms with Crippen LogP contribution in [0.2, 0.25) is 0 Å². The fraction of sp³-hybridized carbons (Fsp3) is 0.656. The molecule has 0 aromatic rings. The molecule has 0 spiro atoms. The second kappa shape index (κ2) is 47.4. The third kappa shape index (κ3) is 36.8. The van der Waals surface area contributed by atoms with Crippen molar-refractivity contribution in [3.05, 3.63) is 0 Å². The van der Waals surface area contributed by atoms with Crippen molar-refractivity contribution in [2.45, 2.75) is 204 Å². The summed E-state index contributed by atoms with van der Waals surface area (Å²) in [6.07, 6.45) is -6.79. The van der Waals surface area contributed by atoms with Gasteiger partial charge in [0, 0.05) is 76.8 Å². The summed E-state index contributed by atoms with van der Waals surface area (Å²) in [4.78, 5) is 270. The van der Waals surface area contributed by atoms with E-state index >= 15 is 0 Å². The minimum absolute atomic E-state index is 0.0164. The molecule has 0 aromatic heterocycles. The quantitative estimate of drug-likeness (QED) is 0.0252. The highest BCUT2D eigenvalue weighted by Gasteiger charge is 2.40. The Morgan fingerprint density at radius 3 is 1.19 bits per heavy atom. The average Bonchev–Trinajstić information content (AvgIpc) is 1.82. The van der Waals surface area contributed by atoms with Crippen molar-refractivity contribution in [2.75, 3.05) is 38.5 Å². The molecule has 0 saturated carbocycles. The molecule has 1 saturated heterocycles. The topological polar surface area (TPSA) is 709 Å². The largest absolute Gasteiger partial charge is 0.481 e. The molecule has 1 fully saturated rings. The summed E-state index contributed by atoms with van der Waals surface area (Å²) in [6.45, 7) is 5.03. The minimum Gasteiger partial charge on any atom is -0.481 e. The smallest absolute Gasteiger partial charge is 0.327 e. The van der Waals surface area contributed by atoms with Gasteiger partial charge in [-0.25, -0.2) is 4.79 Å². The predicted molar refractivity (Wildman–Crippen MR) is 366 cm³/mol. The van der Waals surface area contributed by atoms with Crippen LogP contribution >= 0.6 is 12.6 Å². The lowest BCUT2D eigenvalue weighted by Gasteiger charge is -2.29. The normalized spacial score (nSPS) is 15.2. The van der Waals surface area contributed by atoms with Gasteiger partial charge >= 0.3 is 17.9 Å². The predicted octanol–water partition coefficient (Wildman–Crippen LogP) is -9.95. The number of nitrogens with two attached hydrogens (primary N) is 5. The Morgan fingerprint density at radius 1 is 0.400 bits per heavy atom.